The normalized spacial score (nSPS) is 14.2. The molecule has 1 aliphatic rings. The first kappa shape index (κ1) is 23.3. The maximum atomic E-state index is 13.4. The molecule has 2 amide bonds. The number of aliphatic hydroxyl groups excluding tert-OH is 1. The number of amides is 2. The van der Waals surface area contributed by atoms with Gasteiger partial charge in [0.05, 0.1) is 11.6 Å². The number of nitrogens with zero attached hydrogens (tertiary/aromatic N) is 1. The smallest absolute Gasteiger partial charge is 0.257 e. The van der Waals surface area contributed by atoms with Gasteiger partial charge in [-0.3, -0.25) is 9.59 Å². The van der Waals surface area contributed by atoms with Gasteiger partial charge < -0.3 is 26.8 Å². The zero-order valence-electron chi connectivity index (χ0n) is 18.2. The molecule has 1 aliphatic heterocycles. The Kier molecular flexibility index (Phi) is 6.53. The van der Waals surface area contributed by atoms with Crippen LogP contribution in [0.5, 0.6) is 0 Å². The number of carbonyl (C=O) groups excluding carboxylic acids is 2. The number of nitrogens with one attached hydrogen (secondary N) is 3. The van der Waals surface area contributed by atoms with Gasteiger partial charge in [-0.1, -0.05) is 6.07 Å². The minimum Gasteiger partial charge on any atom is -0.383 e. The fourth-order valence-corrected chi connectivity index (χ4v) is 3.62. The summed E-state index contributed by atoms with van der Waals surface area (Å²) in [7, 11) is 0. The molecule has 10 heteroatoms. The Morgan fingerprint density at radius 1 is 1.15 bits per heavy atom. The van der Waals surface area contributed by atoms with Gasteiger partial charge in [-0.2, -0.15) is 0 Å². The second kappa shape index (κ2) is 9.54. The number of benzene rings is 2. The van der Waals surface area contributed by atoms with E-state index in [1.807, 2.05) is 0 Å². The molecule has 2 aromatic carbocycles. The van der Waals surface area contributed by atoms with Crippen LogP contribution in [-0.2, 0) is 4.79 Å². The Hall–Kier alpha value is -3.89. The van der Waals surface area contributed by atoms with Gasteiger partial charge in [0.15, 0.2) is 6.10 Å². The summed E-state index contributed by atoms with van der Waals surface area (Å²) in [6.45, 7) is 3.21. The fourth-order valence-electron chi connectivity index (χ4n) is 3.62. The van der Waals surface area contributed by atoms with Crippen LogP contribution in [0.3, 0.4) is 0 Å². The molecule has 176 valence electrons. The lowest BCUT2D eigenvalue weighted by atomic mass is 9.99. The molecule has 0 radical (unpaired) electrons. The van der Waals surface area contributed by atoms with Crippen molar-refractivity contribution in [1.82, 2.24) is 15.6 Å². The van der Waals surface area contributed by atoms with Crippen molar-refractivity contribution in [3.05, 3.63) is 77.0 Å². The summed E-state index contributed by atoms with van der Waals surface area (Å²) in [6, 6.07) is 9.16. The van der Waals surface area contributed by atoms with E-state index < -0.39 is 23.6 Å². The highest BCUT2D eigenvalue weighted by Crippen LogP contribution is 2.28. The van der Waals surface area contributed by atoms with E-state index in [4.69, 9.17) is 5.73 Å². The molecule has 0 spiro atoms. The molecular weight excluding hydrogens is 444 g/mol. The van der Waals surface area contributed by atoms with Gasteiger partial charge in [0.2, 0.25) is 0 Å². The first-order valence-corrected chi connectivity index (χ1v) is 10.5. The number of rotatable bonds is 6. The highest BCUT2D eigenvalue weighted by molar-refractivity contribution is 6.00. The van der Waals surface area contributed by atoms with Crippen molar-refractivity contribution in [2.75, 3.05) is 24.1 Å². The Bertz CT molecular complexity index is 1240. The van der Waals surface area contributed by atoms with Crippen molar-refractivity contribution in [2.24, 2.45) is 0 Å². The Morgan fingerprint density at radius 2 is 1.85 bits per heavy atom. The molecule has 1 fully saturated rings. The Labute approximate surface area is 194 Å². The molecule has 1 aromatic heterocycles. The number of carbonyl (C=O) groups is 2. The summed E-state index contributed by atoms with van der Waals surface area (Å²) in [5.41, 5.74) is 8.54. The number of pyridine rings is 1. The maximum Gasteiger partial charge on any atom is 0.257 e. The minimum absolute atomic E-state index is 0.0550. The predicted octanol–water partition coefficient (Wildman–Crippen LogP) is 2.29. The molecule has 8 nitrogen and oxygen atoms in total. The molecule has 4 rings (SSSR count). The van der Waals surface area contributed by atoms with Gasteiger partial charge in [0, 0.05) is 36.6 Å². The van der Waals surface area contributed by atoms with Crippen LogP contribution in [0.1, 0.15) is 27.6 Å². The van der Waals surface area contributed by atoms with Gasteiger partial charge in [-0.05, 0) is 53.9 Å². The van der Waals surface area contributed by atoms with E-state index in [-0.39, 0.29) is 28.9 Å². The quantitative estimate of drug-likeness (QED) is 0.378. The molecule has 3 aromatic rings. The zero-order chi connectivity index (χ0) is 24.4. The number of hydrogen-bond acceptors (Lipinski definition) is 6. The summed E-state index contributed by atoms with van der Waals surface area (Å²) < 4.78 is 26.8. The fraction of sp³-hybridized carbons (Fsp3) is 0.208. The lowest BCUT2D eigenvalue weighted by Gasteiger charge is -2.28. The number of anilines is 2. The van der Waals surface area contributed by atoms with E-state index in [0.29, 0.717) is 30.4 Å². The van der Waals surface area contributed by atoms with Gasteiger partial charge in [0.1, 0.15) is 17.5 Å². The number of aliphatic hydroxyl groups is 1. The van der Waals surface area contributed by atoms with E-state index in [2.05, 4.69) is 20.9 Å². The number of nitrogens with two attached hydrogens (primary N) is 1. The average molecular weight is 467 g/mol. The molecule has 34 heavy (non-hydrogen) atoms. The van der Waals surface area contributed by atoms with Crippen LogP contribution in [0, 0.1) is 18.6 Å². The van der Waals surface area contributed by atoms with Crippen LogP contribution in [0.2, 0.25) is 0 Å². The first-order valence-electron chi connectivity index (χ1n) is 10.5. The Morgan fingerprint density at radius 3 is 2.47 bits per heavy atom. The molecule has 6 N–H and O–H groups in total. The number of halogens is 2. The highest BCUT2D eigenvalue weighted by atomic mass is 19.1. The van der Waals surface area contributed by atoms with Crippen molar-refractivity contribution >= 4 is 23.3 Å². The average Bonchev–Trinajstić information content (AvgIpc) is 2.75. The van der Waals surface area contributed by atoms with E-state index in [9.17, 15) is 23.5 Å². The topological polar surface area (TPSA) is 129 Å². The summed E-state index contributed by atoms with van der Waals surface area (Å²) in [5, 5.41) is 18.7. The van der Waals surface area contributed by atoms with E-state index in [0.717, 1.165) is 23.3 Å². The second-order valence-electron chi connectivity index (χ2n) is 8.11. The van der Waals surface area contributed by atoms with Gasteiger partial charge >= 0.3 is 0 Å². The third-order valence-electron chi connectivity index (χ3n) is 5.53. The van der Waals surface area contributed by atoms with Crippen molar-refractivity contribution in [1.29, 1.82) is 0 Å². The van der Waals surface area contributed by atoms with Crippen molar-refractivity contribution in [3.8, 4) is 11.1 Å². The van der Waals surface area contributed by atoms with Crippen LogP contribution in [-0.4, -0.2) is 41.0 Å². The van der Waals surface area contributed by atoms with Gasteiger partial charge in [-0.25, -0.2) is 13.8 Å². The maximum absolute atomic E-state index is 13.4. The van der Waals surface area contributed by atoms with Crippen LogP contribution >= 0.6 is 0 Å². The lowest BCUT2D eigenvalue weighted by Crippen LogP contribution is -2.57. The largest absolute Gasteiger partial charge is 0.383 e. The molecule has 1 saturated heterocycles. The monoisotopic (exact) mass is 467 g/mol. The molecular formula is C24H23F2N5O3. The van der Waals surface area contributed by atoms with Gasteiger partial charge in [0.25, 0.3) is 11.8 Å². The van der Waals surface area contributed by atoms with Crippen LogP contribution in [0.4, 0.5) is 20.3 Å². The summed E-state index contributed by atoms with van der Waals surface area (Å²) in [6.07, 6.45) is -0.196. The number of nitrogen functional groups attached to an aromatic ring is 1. The molecule has 1 atom stereocenters. The third-order valence-corrected chi connectivity index (χ3v) is 5.53. The predicted molar refractivity (Wildman–Crippen MR) is 123 cm³/mol. The minimum atomic E-state index is -1.75. The van der Waals surface area contributed by atoms with Crippen LogP contribution < -0.4 is 21.7 Å². The van der Waals surface area contributed by atoms with Crippen molar-refractivity contribution in [2.45, 2.75) is 19.1 Å². The Balaban J connectivity index is 1.51. The third kappa shape index (κ3) is 5.03. The molecule has 0 unspecified atom stereocenters. The number of hydrogen-bond donors (Lipinski definition) is 5. The van der Waals surface area contributed by atoms with Crippen molar-refractivity contribution in [3.63, 3.8) is 0 Å². The summed E-state index contributed by atoms with van der Waals surface area (Å²) in [5.74, 6) is -2.80. The standard InChI is InChI=1S/C24H23F2N5O3/c1-12-4-17(30-24(34)21(32)13-5-15(25)8-16(26)6-13)2-3-19(12)14-7-20(22(27)29-9-14)23(33)31-18-10-28-11-18/h2-9,18,21,28,32H,10-11H2,1H3,(H2,27,29)(H,30,34)(H,31,33)/t21-/m1/s1. The van der Waals surface area contributed by atoms with E-state index >= 15 is 0 Å². The lowest BCUT2D eigenvalue weighted by molar-refractivity contribution is -0.124. The second-order valence-corrected chi connectivity index (χ2v) is 8.11. The molecule has 0 saturated carbocycles. The molecule has 2 heterocycles. The number of aryl methyl sites for hydroxylation is 1. The molecule has 0 aliphatic carbocycles. The zero-order valence-corrected chi connectivity index (χ0v) is 18.2. The van der Waals surface area contributed by atoms with Gasteiger partial charge in [-0.15, -0.1) is 0 Å². The van der Waals surface area contributed by atoms with Crippen LogP contribution in [0.15, 0.2) is 48.7 Å². The van der Waals surface area contributed by atoms with E-state index in [1.165, 1.54) is 0 Å². The summed E-state index contributed by atoms with van der Waals surface area (Å²) >= 11 is 0. The SMILES string of the molecule is Cc1cc(NC(=O)[C@H](O)c2cc(F)cc(F)c2)ccc1-c1cnc(N)c(C(=O)NC2CNC2)c1. The van der Waals surface area contributed by atoms with Crippen molar-refractivity contribution < 1.29 is 23.5 Å². The number of aromatic nitrogens is 1. The summed E-state index contributed by atoms with van der Waals surface area (Å²) in [4.78, 5) is 29.1. The van der Waals surface area contributed by atoms with E-state index in [1.54, 1.807) is 37.4 Å². The molecule has 0 bridgehead atoms. The highest BCUT2D eigenvalue weighted by Gasteiger charge is 2.22. The first-order chi connectivity index (χ1) is 16.2. The van der Waals surface area contributed by atoms with Crippen LogP contribution in [0.25, 0.3) is 11.1 Å².